The fourth-order valence-electron chi connectivity index (χ4n) is 8.88. The lowest BCUT2D eigenvalue weighted by Crippen LogP contribution is -2.31. The second kappa shape index (κ2) is 25.0. The average Bonchev–Trinajstić information content (AvgIpc) is 3.90. The number of ether oxygens (including phenoxy) is 2. The smallest absolute Gasteiger partial charge is 0.284 e. The Hall–Kier alpha value is -6.32. The van der Waals surface area contributed by atoms with E-state index in [4.69, 9.17) is 25.5 Å². The molecule has 0 spiro atoms. The molecule has 0 radical (unpaired) electrons. The first-order chi connectivity index (χ1) is 34.2. The van der Waals surface area contributed by atoms with Crippen LogP contribution in [-0.2, 0) is 11.3 Å². The number of rotatable bonds is 26. The molecule has 2 fully saturated rings. The lowest BCUT2D eigenvalue weighted by Gasteiger charge is -2.31. The SMILES string of the molecule is CN(CCCCCCCCOc1ccc(Oc2ccc(N(Cc3ccccc3)C(=O)CCl)cc2)cc1)CC1CCC(n2cc(NC(=O)c3coc(-c4ccnc(NCC5CC5)c4)n3)c(C(F)F)n2)CC1. The molecule has 2 aliphatic rings. The van der Waals surface area contributed by atoms with Crippen molar-refractivity contribution in [3.05, 3.63) is 127 Å². The molecule has 70 heavy (non-hydrogen) atoms. The lowest BCUT2D eigenvalue weighted by atomic mass is 9.86. The highest BCUT2D eigenvalue weighted by atomic mass is 35.5. The van der Waals surface area contributed by atoms with E-state index in [1.54, 1.807) is 21.8 Å². The minimum Gasteiger partial charge on any atom is -0.494 e. The quantitative estimate of drug-likeness (QED) is 0.0399. The largest absolute Gasteiger partial charge is 0.494 e. The van der Waals surface area contributed by atoms with Gasteiger partial charge in [0.1, 0.15) is 35.2 Å². The summed E-state index contributed by atoms with van der Waals surface area (Å²) in [7, 11) is 2.19. The maximum absolute atomic E-state index is 14.2. The number of anilines is 3. The summed E-state index contributed by atoms with van der Waals surface area (Å²) in [5, 5.41) is 10.2. The first-order valence-electron chi connectivity index (χ1n) is 24.6. The molecule has 13 nitrogen and oxygen atoms in total. The molecule has 3 aromatic carbocycles. The summed E-state index contributed by atoms with van der Waals surface area (Å²) in [6, 6.07) is 28.4. The number of nitrogens with zero attached hydrogens (tertiary/aromatic N) is 6. The number of pyridine rings is 1. The van der Waals surface area contributed by atoms with Gasteiger partial charge in [-0.3, -0.25) is 14.3 Å². The van der Waals surface area contributed by atoms with E-state index in [2.05, 4.69) is 37.6 Å². The number of benzene rings is 3. The summed E-state index contributed by atoms with van der Waals surface area (Å²) < 4.78 is 47.6. The third-order valence-electron chi connectivity index (χ3n) is 13.0. The number of carbonyl (C=O) groups excluding carboxylic acids is 2. The number of alkyl halides is 3. The predicted molar refractivity (Wildman–Crippen MR) is 269 cm³/mol. The molecule has 370 valence electrons. The van der Waals surface area contributed by atoms with E-state index in [1.165, 1.54) is 44.6 Å². The normalized spacial score (nSPS) is 15.8. The van der Waals surface area contributed by atoms with Crippen molar-refractivity contribution in [1.29, 1.82) is 0 Å². The maximum atomic E-state index is 14.2. The van der Waals surface area contributed by atoms with Crippen molar-refractivity contribution in [2.24, 2.45) is 11.8 Å². The van der Waals surface area contributed by atoms with Gasteiger partial charge < -0.3 is 34.3 Å². The molecule has 2 aliphatic carbocycles. The Bertz CT molecular complexity index is 2570. The van der Waals surface area contributed by atoms with E-state index < -0.39 is 18.0 Å². The highest BCUT2D eigenvalue weighted by Crippen LogP contribution is 2.36. The Morgan fingerprint density at radius 2 is 1.54 bits per heavy atom. The zero-order valence-electron chi connectivity index (χ0n) is 39.8. The molecule has 0 atom stereocenters. The molecule has 0 unspecified atom stereocenters. The van der Waals surface area contributed by atoms with Gasteiger partial charge in [-0.25, -0.2) is 18.7 Å². The van der Waals surface area contributed by atoms with Gasteiger partial charge in [0, 0.05) is 36.7 Å². The average molecular weight is 978 g/mol. The first-order valence-corrected chi connectivity index (χ1v) is 25.1. The number of amides is 2. The van der Waals surface area contributed by atoms with Crippen LogP contribution in [0.15, 0.2) is 114 Å². The minimum absolute atomic E-state index is 0.0142. The van der Waals surface area contributed by atoms with E-state index in [-0.39, 0.29) is 35.1 Å². The van der Waals surface area contributed by atoms with Crippen LogP contribution in [0.4, 0.5) is 26.0 Å². The van der Waals surface area contributed by atoms with Gasteiger partial charge >= 0.3 is 0 Å². The first kappa shape index (κ1) is 50.1. The second-order valence-electron chi connectivity index (χ2n) is 18.5. The number of hydrogen-bond acceptors (Lipinski definition) is 10. The Morgan fingerprint density at radius 1 is 0.857 bits per heavy atom. The third kappa shape index (κ3) is 14.6. The number of carbonyl (C=O) groups is 2. The van der Waals surface area contributed by atoms with Crippen LogP contribution in [-0.4, -0.2) is 75.6 Å². The Morgan fingerprint density at radius 3 is 2.26 bits per heavy atom. The molecule has 16 heteroatoms. The summed E-state index contributed by atoms with van der Waals surface area (Å²) in [5.41, 5.74) is 1.94. The molecule has 0 aliphatic heterocycles. The van der Waals surface area contributed by atoms with Crippen LogP contribution >= 0.6 is 11.6 Å². The van der Waals surface area contributed by atoms with E-state index in [9.17, 15) is 18.4 Å². The molecule has 2 saturated carbocycles. The second-order valence-corrected chi connectivity index (χ2v) is 18.8. The van der Waals surface area contributed by atoms with Gasteiger partial charge in [0.25, 0.3) is 12.3 Å². The van der Waals surface area contributed by atoms with Crippen molar-refractivity contribution in [3.63, 3.8) is 0 Å². The molecular weight excluding hydrogens is 914 g/mol. The monoisotopic (exact) mass is 976 g/mol. The Balaban J connectivity index is 0.675. The van der Waals surface area contributed by atoms with E-state index >= 15 is 0 Å². The molecule has 2 amide bonds. The summed E-state index contributed by atoms with van der Waals surface area (Å²) in [4.78, 5) is 38.5. The van der Waals surface area contributed by atoms with Crippen LogP contribution in [0.25, 0.3) is 11.5 Å². The summed E-state index contributed by atoms with van der Waals surface area (Å²) in [6.07, 6.45) is 14.4. The highest BCUT2D eigenvalue weighted by molar-refractivity contribution is 6.29. The minimum atomic E-state index is -2.85. The number of nitrogens with one attached hydrogen (secondary N) is 2. The van der Waals surface area contributed by atoms with Crippen molar-refractivity contribution < 1.29 is 32.3 Å². The van der Waals surface area contributed by atoms with Gasteiger partial charge in [-0.05, 0) is 143 Å². The van der Waals surface area contributed by atoms with Crippen LogP contribution in [0.2, 0.25) is 0 Å². The van der Waals surface area contributed by atoms with Crippen molar-refractivity contribution >= 4 is 40.6 Å². The van der Waals surface area contributed by atoms with Gasteiger partial charge in [0.05, 0.1) is 24.9 Å². The van der Waals surface area contributed by atoms with Crippen molar-refractivity contribution in [2.75, 3.05) is 54.7 Å². The Labute approximate surface area is 413 Å². The molecular formula is C54H63ClF2N8O5. The zero-order valence-corrected chi connectivity index (χ0v) is 40.5. The molecule has 2 N–H and O–H groups in total. The van der Waals surface area contributed by atoms with Crippen LogP contribution in [0.3, 0.4) is 0 Å². The fraction of sp³-hybridized carbons (Fsp3) is 0.426. The zero-order chi connectivity index (χ0) is 48.7. The van der Waals surface area contributed by atoms with Gasteiger partial charge in [0.2, 0.25) is 11.8 Å². The topological polar surface area (TPSA) is 140 Å². The van der Waals surface area contributed by atoms with Crippen LogP contribution in [0, 0.1) is 11.8 Å². The van der Waals surface area contributed by atoms with Gasteiger partial charge in [-0.2, -0.15) is 5.10 Å². The maximum Gasteiger partial charge on any atom is 0.284 e. The Kier molecular flexibility index (Phi) is 17.9. The standard InChI is InChI=1S/C54H63ClF2N8O5/c1-63(29-9-4-2-3-5-10-30-68-44-23-25-46(26-24-44)70-45-21-19-42(20-22-45)64(50(66)32-55)35-39-11-7-6-8-12-39)34-40-15-17-43(18-16-40)65-36-47(51(62-65)52(56)57)60-53(67)48-37-69-54(61-48)41-27-28-58-49(31-41)59-33-38-13-14-38/h6-8,11-12,19-28,31,36-38,40,43,52H,2-5,9-10,13-18,29-30,32-35H2,1H3,(H,58,59)(H,60,67). The molecule has 3 aromatic heterocycles. The van der Waals surface area contributed by atoms with E-state index in [1.807, 2.05) is 84.9 Å². The summed E-state index contributed by atoms with van der Waals surface area (Å²) in [5.74, 6) is 3.41. The molecule has 0 saturated heterocycles. The van der Waals surface area contributed by atoms with Crippen LogP contribution in [0.1, 0.15) is 111 Å². The number of halogens is 3. The highest BCUT2D eigenvalue weighted by Gasteiger charge is 2.28. The van der Waals surface area contributed by atoms with Crippen molar-refractivity contribution in [1.82, 2.24) is 24.6 Å². The van der Waals surface area contributed by atoms with E-state index in [0.29, 0.717) is 47.9 Å². The lowest BCUT2D eigenvalue weighted by molar-refractivity contribution is -0.116. The molecule has 3 heterocycles. The van der Waals surface area contributed by atoms with Crippen molar-refractivity contribution in [2.45, 2.75) is 96.1 Å². The number of unbranched alkanes of at least 4 members (excludes halogenated alkanes) is 5. The van der Waals surface area contributed by atoms with E-state index in [0.717, 1.165) is 81.6 Å². The van der Waals surface area contributed by atoms with Gasteiger partial charge in [0.15, 0.2) is 11.4 Å². The summed E-state index contributed by atoms with van der Waals surface area (Å²) >= 11 is 5.92. The third-order valence-corrected chi connectivity index (χ3v) is 13.2. The molecule has 6 aromatic rings. The number of aromatic nitrogens is 4. The number of oxazole rings is 1. The van der Waals surface area contributed by atoms with Gasteiger partial charge in [-0.15, -0.1) is 11.6 Å². The predicted octanol–water partition coefficient (Wildman–Crippen LogP) is 12.6. The fourth-order valence-corrected chi connectivity index (χ4v) is 9.02. The summed E-state index contributed by atoms with van der Waals surface area (Å²) in [6.45, 7) is 4.01. The van der Waals surface area contributed by atoms with Gasteiger partial charge in [-0.1, -0.05) is 56.0 Å². The molecule has 8 rings (SSSR count). The van der Waals surface area contributed by atoms with Crippen LogP contribution < -0.4 is 25.0 Å². The molecule has 0 bridgehead atoms. The number of hydrogen-bond donors (Lipinski definition) is 2. The van der Waals surface area contributed by atoms with Crippen molar-refractivity contribution in [3.8, 4) is 28.7 Å². The van der Waals surface area contributed by atoms with Crippen LogP contribution in [0.5, 0.6) is 17.2 Å².